The SMILES string of the molecule is Cc1ccccc1C(C#N)(CCCN1CCN(C)CC1)C(C)C.Cl.Cl. The van der Waals surface area contributed by atoms with Gasteiger partial charge < -0.3 is 9.80 Å². The molecule has 0 aliphatic carbocycles. The normalized spacial score (nSPS) is 17.9. The average Bonchev–Trinajstić information content (AvgIpc) is 2.54. The summed E-state index contributed by atoms with van der Waals surface area (Å²) < 4.78 is 0. The van der Waals surface area contributed by atoms with E-state index in [9.17, 15) is 5.26 Å². The summed E-state index contributed by atoms with van der Waals surface area (Å²) in [6.45, 7) is 12.2. The van der Waals surface area contributed by atoms with Crippen LogP contribution in [-0.2, 0) is 5.41 Å². The first-order valence-electron chi connectivity index (χ1n) is 8.88. The van der Waals surface area contributed by atoms with Crippen molar-refractivity contribution >= 4 is 24.8 Å². The highest BCUT2D eigenvalue weighted by Crippen LogP contribution is 2.38. The van der Waals surface area contributed by atoms with Gasteiger partial charge in [0, 0.05) is 26.2 Å². The monoisotopic (exact) mass is 385 g/mol. The fourth-order valence-corrected chi connectivity index (χ4v) is 3.71. The Kier molecular flexibility index (Phi) is 10.7. The van der Waals surface area contributed by atoms with E-state index in [-0.39, 0.29) is 30.2 Å². The first-order chi connectivity index (χ1) is 11.0. The molecule has 0 spiro atoms. The Balaban J connectivity index is 0.00000288. The summed E-state index contributed by atoms with van der Waals surface area (Å²) in [4.78, 5) is 4.93. The Labute approximate surface area is 166 Å². The number of halogens is 2. The van der Waals surface area contributed by atoms with Gasteiger partial charge in [0.25, 0.3) is 0 Å². The van der Waals surface area contributed by atoms with Gasteiger partial charge in [0.1, 0.15) is 0 Å². The summed E-state index contributed by atoms with van der Waals surface area (Å²) in [7, 11) is 2.19. The summed E-state index contributed by atoms with van der Waals surface area (Å²) in [5.74, 6) is 0.320. The van der Waals surface area contributed by atoms with Crippen LogP contribution in [0.4, 0.5) is 0 Å². The Morgan fingerprint density at radius 1 is 1.12 bits per heavy atom. The Morgan fingerprint density at radius 2 is 1.72 bits per heavy atom. The van der Waals surface area contributed by atoms with Crippen LogP contribution in [-0.4, -0.2) is 49.6 Å². The molecule has 1 heterocycles. The third-order valence-electron chi connectivity index (χ3n) is 5.45. The van der Waals surface area contributed by atoms with E-state index >= 15 is 0 Å². The van der Waals surface area contributed by atoms with Gasteiger partial charge in [-0.3, -0.25) is 0 Å². The van der Waals surface area contributed by atoms with Crippen LogP contribution >= 0.6 is 24.8 Å². The van der Waals surface area contributed by atoms with Crippen molar-refractivity contribution in [2.24, 2.45) is 5.92 Å². The fourth-order valence-electron chi connectivity index (χ4n) is 3.71. The second kappa shape index (κ2) is 11.0. The van der Waals surface area contributed by atoms with Crippen LogP contribution in [0.3, 0.4) is 0 Å². The molecule has 1 fully saturated rings. The number of nitriles is 1. The van der Waals surface area contributed by atoms with Crippen LogP contribution in [0.25, 0.3) is 0 Å². The zero-order valence-electron chi connectivity index (χ0n) is 16.0. The molecule has 3 nitrogen and oxygen atoms in total. The summed E-state index contributed by atoms with van der Waals surface area (Å²) in [6.07, 6.45) is 2.03. The van der Waals surface area contributed by atoms with Gasteiger partial charge >= 0.3 is 0 Å². The second-order valence-corrected chi connectivity index (χ2v) is 7.30. The van der Waals surface area contributed by atoms with E-state index in [0.29, 0.717) is 5.92 Å². The maximum absolute atomic E-state index is 10.0. The molecule has 25 heavy (non-hydrogen) atoms. The minimum Gasteiger partial charge on any atom is -0.304 e. The average molecular weight is 386 g/mol. The van der Waals surface area contributed by atoms with E-state index < -0.39 is 0 Å². The molecule has 1 unspecified atom stereocenters. The molecular weight excluding hydrogens is 353 g/mol. The number of piperazine rings is 1. The lowest BCUT2D eigenvalue weighted by Gasteiger charge is -2.35. The molecule has 1 aliphatic rings. The Hall–Kier alpha value is -0.790. The lowest BCUT2D eigenvalue weighted by atomic mass is 9.68. The minimum atomic E-state index is -0.363. The summed E-state index contributed by atoms with van der Waals surface area (Å²) in [6, 6.07) is 11.1. The molecule has 0 saturated carbocycles. The third kappa shape index (κ3) is 5.86. The largest absolute Gasteiger partial charge is 0.304 e. The second-order valence-electron chi connectivity index (χ2n) is 7.30. The molecule has 142 valence electrons. The highest BCUT2D eigenvalue weighted by Gasteiger charge is 2.36. The van der Waals surface area contributed by atoms with Crippen molar-refractivity contribution in [2.45, 2.75) is 39.0 Å². The molecule has 0 radical (unpaired) electrons. The Morgan fingerprint density at radius 3 is 2.24 bits per heavy atom. The maximum atomic E-state index is 10.0. The van der Waals surface area contributed by atoms with Crippen molar-refractivity contribution in [1.29, 1.82) is 5.26 Å². The molecule has 5 heteroatoms. The van der Waals surface area contributed by atoms with Gasteiger partial charge in [-0.1, -0.05) is 38.1 Å². The molecular formula is C20H33Cl2N3. The lowest BCUT2D eigenvalue weighted by Crippen LogP contribution is -2.45. The van der Waals surface area contributed by atoms with Crippen molar-refractivity contribution in [2.75, 3.05) is 39.8 Å². The third-order valence-corrected chi connectivity index (χ3v) is 5.45. The van der Waals surface area contributed by atoms with Crippen LogP contribution in [0.5, 0.6) is 0 Å². The van der Waals surface area contributed by atoms with E-state index in [1.54, 1.807) is 0 Å². The van der Waals surface area contributed by atoms with Gasteiger partial charge in [-0.05, 0) is 50.4 Å². The number of hydrogen-bond donors (Lipinski definition) is 0. The van der Waals surface area contributed by atoms with E-state index in [0.717, 1.165) is 45.6 Å². The molecule has 0 aromatic heterocycles. The maximum Gasteiger partial charge on any atom is 0.0848 e. The van der Waals surface area contributed by atoms with Crippen molar-refractivity contribution in [1.82, 2.24) is 9.80 Å². The van der Waals surface area contributed by atoms with Gasteiger partial charge in [0.15, 0.2) is 0 Å². The van der Waals surface area contributed by atoms with Gasteiger partial charge in [0.2, 0.25) is 0 Å². The lowest BCUT2D eigenvalue weighted by molar-refractivity contribution is 0.149. The van der Waals surface area contributed by atoms with Gasteiger partial charge in [-0.15, -0.1) is 24.8 Å². The van der Waals surface area contributed by atoms with E-state index in [2.05, 4.69) is 68.0 Å². The number of hydrogen-bond acceptors (Lipinski definition) is 3. The van der Waals surface area contributed by atoms with E-state index in [4.69, 9.17) is 0 Å². The number of nitrogens with zero attached hydrogens (tertiary/aromatic N) is 3. The smallest absolute Gasteiger partial charge is 0.0848 e. The van der Waals surface area contributed by atoms with Crippen LogP contribution < -0.4 is 0 Å². The minimum absolute atomic E-state index is 0. The number of rotatable bonds is 6. The topological polar surface area (TPSA) is 30.3 Å². The zero-order chi connectivity index (χ0) is 16.9. The van der Waals surface area contributed by atoms with Crippen molar-refractivity contribution in [3.05, 3.63) is 35.4 Å². The molecule has 0 amide bonds. The number of likely N-dealkylation sites (N-methyl/N-ethyl adjacent to an activating group) is 1. The van der Waals surface area contributed by atoms with Crippen LogP contribution in [0.15, 0.2) is 24.3 Å². The molecule has 1 aromatic carbocycles. The summed E-state index contributed by atoms with van der Waals surface area (Å²) >= 11 is 0. The molecule has 0 bridgehead atoms. The molecule has 2 rings (SSSR count). The van der Waals surface area contributed by atoms with E-state index in [1.807, 2.05) is 0 Å². The predicted molar refractivity (Wildman–Crippen MR) is 111 cm³/mol. The predicted octanol–water partition coefficient (Wildman–Crippen LogP) is 4.28. The molecule has 1 atom stereocenters. The zero-order valence-corrected chi connectivity index (χ0v) is 17.6. The highest BCUT2D eigenvalue weighted by molar-refractivity contribution is 5.85. The van der Waals surface area contributed by atoms with Crippen molar-refractivity contribution in [3.63, 3.8) is 0 Å². The van der Waals surface area contributed by atoms with Crippen molar-refractivity contribution < 1.29 is 0 Å². The van der Waals surface area contributed by atoms with Crippen molar-refractivity contribution in [3.8, 4) is 6.07 Å². The quantitative estimate of drug-likeness (QED) is 0.731. The first-order valence-corrected chi connectivity index (χ1v) is 8.88. The molecule has 1 aromatic rings. The first kappa shape index (κ1) is 24.2. The van der Waals surface area contributed by atoms with Gasteiger partial charge in [-0.25, -0.2) is 0 Å². The highest BCUT2D eigenvalue weighted by atomic mass is 35.5. The molecule has 1 aliphatic heterocycles. The van der Waals surface area contributed by atoms with Gasteiger partial charge in [0.05, 0.1) is 11.5 Å². The molecule has 0 N–H and O–H groups in total. The van der Waals surface area contributed by atoms with Crippen LogP contribution in [0.2, 0.25) is 0 Å². The molecule has 1 saturated heterocycles. The van der Waals surface area contributed by atoms with Gasteiger partial charge in [-0.2, -0.15) is 5.26 Å². The van der Waals surface area contributed by atoms with Crippen LogP contribution in [0, 0.1) is 24.2 Å². The summed E-state index contributed by atoms with van der Waals surface area (Å²) in [5.41, 5.74) is 2.09. The Bertz CT molecular complexity index is 548. The number of aryl methyl sites for hydroxylation is 1. The standard InChI is InChI=1S/C20H31N3.2ClH/c1-17(2)20(16-21,19-9-6-5-8-18(19)3)10-7-11-23-14-12-22(4)13-15-23;;/h5-6,8-9,17H,7,10-15H2,1-4H3;2*1H. The summed E-state index contributed by atoms with van der Waals surface area (Å²) in [5, 5.41) is 10.0. The van der Waals surface area contributed by atoms with Crippen LogP contribution in [0.1, 0.15) is 37.8 Å². The number of benzene rings is 1. The fraction of sp³-hybridized carbons (Fsp3) is 0.650. The van der Waals surface area contributed by atoms with E-state index in [1.165, 1.54) is 11.1 Å².